The van der Waals surface area contributed by atoms with Crippen molar-refractivity contribution in [3.8, 4) is 0 Å². The molecule has 0 saturated heterocycles. The topological polar surface area (TPSA) is 64.2 Å². The lowest BCUT2D eigenvalue weighted by atomic mass is 10.2. The quantitative estimate of drug-likeness (QED) is 0.803. The average Bonchev–Trinajstić information content (AvgIpc) is 3.13. The molecule has 0 bridgehead atoms. The molecular formula is C17H16N2O3S. The van der Waals surface area contributed by atoms with Crippen LogP contribution >= 0.6 is 11.3 Å². The molecule has 1 N–H and O–H groups in total. The van der Waals surface area contributed by atoms with Crippen LogP contribution in [-0.4, -0.2) is 10.5 Å². The second kappa shape index (κ2) is 5.09. The third-order valence-corrected chi connectivity index (χ3v) is 5.45. The van der Waals surface area contributed by atoms with E-state index in [4.69, 9.17) is 4.42 Å². The van der Waals surface area contributed by atoms with Crippen LogP contribution in [0.2, 0.25) is 0 Å². The highest BCUT2D eigenvalue weighted by Crippen LogP contribution is 2.50. The van der Waals surface area contributed by atoms with E-state index in [0.29, 0.717) is 22.7 Å². The molecule has 2 atom stereocenters. The van der Waals surface area contributed by atoms with Crippen LogP contribution in [0.25, 0.3) is 11.1 Å². The summed E-state index contributed by atoms with van der Waals surface area (Å²) in [4.78, 5) is 26.4. The van der Waals surface area contributed by atoms with Gasteiger partial charge < -0.3 is 9.73 Å². The number of benzene rings is 1. The minimum Gasteiger partial charge on any atom is -0.408 e. The van der Waals surface area contributed by atoms with Gasteiger partial charge in [-0.3, -0.25) is 9.36 Å². The van der Waals surface area contributed by atoms with Crippen LogP contribution in [0.1, 0.15) is 22.1 Å². The molecule has 0 aliphatic heterocycles. The number of anilines is 1. The normalized spacial score (nSPS) is 19.9. The SMILES string of the molecule is Cc1ccc(C2CC2C(=O)Nc2ccc3c(c2)oc(=O)n3C)s1. The van der Waals surface area contributed by atoms with Gasteiger partial charge in [-0.15, -0.1) is 11.3 Å². The summed E-state index contributed by atoms with van der Waals surface area (Å²) >= 11 is 1.76. The van der Waals surface area contributed by atoms with Gasteiger partial charge in [0.15, 0.2) is 5.58 Å². The Kier molecular flexibility index (Phi) is 3.16. The number of hydrogen-bond donors (Lipinski definition) is 1. The highest BCUT2D eigenvalue weighted by Gasteiger charge is 2.44. The standard InChI is InChI=1S/C17H16N2O3S/c1-9-3-6-15(23-9)11-8-12(11)16(20)18-10-4-5-13-14(7-10)22-17(21)19(13)2/h3-7,11-12H,8H2,1-2H3,(H,18,20). The number of aryl methyl sites for hydroxylation is 2. The zero-order valence-electron chi connectivity index (χ0n) is 12.8. The van der Waals surface area contributed by atoms with Crippen molar-refractivity contribution in [2.24, 2.45) is 13.0 Å². The minimum absolute atomic E-state index is 0.0266. The third-order valence-electron chi connectivity index (χ3n) is 4.31. The number of carbonyl (C=O) groups excluding carboxylic acids is 1. The molecule has 0 radical (unpaired) electrons. The van der Waals surface area contributed by atoms with Gasteiger partial charge in [0.05, 0.1) is 5.52 Å². The van der Waals surface area contributed by atoms with Crippen molar-refractivity contribution >= 4 is 34.0 Å². The largest absolute Gasteiger partial charge is 0.419 e. The maximum atomic E-state index is 12.4. The molecule has 3 aromatic rings. The maximum Gasteiger partial charge on any atom is 0.419 e. The van der Waals surface area contributed by atoms with E-state index >= 15 is 0 Å². The summed E-state index contributed by atoms with van der Waals surface area (Å²) in [5.74, 6) is -0.00361. The Bertz CT molecular complexity index is 966. The molecule has 118 valence electrons. The van der Waals surface area contributed by atoms with Crippen molar-refractivity contribution in [3.63, 3.8) is 0 Å². The fourth-order valence-corrected chi connectivity index (χ4v) is 3.95. The summed E-state index contributed by atoms with van der Waals surface area (Å²) in [7, 11) is 1.66. The number of aromatic nitrogens is 1. The lowest BCUT2D eigenvalue weighted by molar-refractivity contribution is -0.117. The van der Waals surface area contributed by atoms with Crippen molar-refractivity contribution in [2.75, 3.05) is 5.32 Å². The van der Waals surface area contributed by atoms with E-state index in [0.717, 1.165) is 6.42 Å². The molecule has 1 aliphatic carbocycles. The minimum atomic E-state index is -0.404. The summed E-state index contributed by atoms with van der Waals surface area (Å²) < 4.78 is 6.59. The molecule has 2 heterocycles. The highest BCUT2D eigenvalue weighted by molar-refractivity contribution is 7.12. The molecular weight excluding hydrogens is 312 g/mol. The number of rotatable bonds is 3. The van der Waals surface area contributed by atoms with E-state index in [-0.39, 0.29) is 11.8 Å². The Morgan fingerprint density at radius 1 is 1.35 bits per heavy atom. The highest BCUT2D eigenvalue weighted by atomic mass is 32.1. The first-order valence-electron chi connectivity index (χ1n) is 7.50. The zero-order valence-corrected chi connectivity index (χ0v) is 13.6. The van der Waals surface area contributed by atoms with E-state index in [1.807, 2.05) is 0 Å². The molecule has 1 aromatic carbocycles. The van der Waals surface area contributed by atoms with Gasteiger partial charge in [0.25, 0.3) is 0 Å². The van der Waals surface area contributed by atoms with Crippen LogP contribution in [0.4, 0.5) is 5.69 Å². The summed E-state index contributed by atoms with van der Waals surface area (Å²) in [6.45, 7) is 2.08. The van der Waals surface area contributed by atoms with E-state index in [9.17, 15) is 9.59 Å². The molecule has 2 unspecified atom stereocenters. The van der Waals surface area contributed by atoms with Crippen molar-refractivity contribution in [1.82, 2.24) is 4.57 Å². The van der Waals surface area contributed by atoms with Gasteiger partial charge in [-0.2, -0.15) is 0 Å². The van der Waals surface area contributed by atoms with Gasteiger partial charge in [-0.1, -0.05) is 0 Å². The first-order chi connectivity index (χ1) is 11.0. The van der Waals surface area contributed by atoms with E-state index in [1.165, 1.54) is 14.3 Å². The molecule has 23 heavy (non-hydrogen) atoms. The Balaban J connectivity index is 1.50. The lowest BCUT2D eigenvalue weighted by Crippen LogP contribution is -2.14. The van der Waals surface area contributed by atoms with Gasteiger partial charge >= 0.3 is 5.76 Å². The summed E-state index contributed by atoms with van der Waals surface area (Å²) in [5.41, 5.74) is 1.85. The molecule has 1 saturated carbocycles. The summed E-state index contributed by atoms with van der Waals surface area (Å²) in [6.07, 6.45) is 0.897. The molecule has 1 amide bonds. The number of nitrogens with one attached hydrogen (secondary N) is 1. The number of oxazole rings is 1. The first kappa shape index (κ1) is 14.3. The van der Waals surface area contributed by atoms with E-state index in [1.54, 1.807) is 36.6 Å². The molecule has 6 heteroatoms. The maximum absolute atomic E-state index is 12.4. The van der Waals surface area contributed by atoms with Crippen molar-refractivity contribution in [3.05, 3.63) is 50.6 Å². The van der Waals surface area contributed by atoms with Crippen LogP contribution in [0.5, 0.6) is 0 Å². The predicted octanol–water partition coefficient (Wildman–Crippen LogP) is 3.24. The Labute approximate surface area is 136 Å². The Morgan fingerprint density at radius 3 is 2.91 bits per heavy atom. The number of hydrogen-bond acceptors (Lipinski definition) is 4. The van der Waals surface area contributed by atoms with Crippen LogP contribution in [0.15, 0.2) is 39.5 Å². The molecule has 5 nitrogen and oxygen atoms in total. The molecule has 4 rings (SSSR count). The summed E-state index contributed by atoms with van der Waals surface area (Å²) in [5, 5.41) is 2.93. The fraction of sp³-hybridized carbons (Fsp3) is 0.294. The first-order valence-corrected chi connectivity index (χ1v) is 8.31. The van der Waals surface area contributed by atoms with Gasteiger partial charge in [0.1, 0.15) is 0 Å². The number of amides is 1. The monoisotopic (exact) mass is 328 g/mol. The Morgan fingerprint density at radius 2 is 2.17 bits per heavy atom. The van der Waals surface area contributed by atoms with E-state index < -0.39 is 5.76 Å². The van der Waals surface area contributed by atoms with Crippen LogP contribution in [0.3, 0.4) is 0 Å². The Hall–Kier alpha value is -2.34. The van der Waals surface area contributed by atoms with Gasteiger partial charge in [-0.25, -0.2) is 4.79 Å². The van der Waals surface area contributed by atoms with Crippen molar-refractivity contribution in [1.29, 1.82) is 0 Å². The molecule has 2 aromatic heterocycles. The summed E-state index contributed by atoms with van der Waals surface area (Å²) in [6, 6.07) is 9.48. The van der Waals surface area contributed by atoms with Crippen LogP contribution < -0.4 is 11.1 Å². The van der Waals surface area contributed by atoms with Gasteiger partial charge in [0, 0.05) is 40.4 Å². The predicted molar refractivity (Wildman–Crippen MR) is 90.0 cm³/mol. The van der Waals surface area contributed by atoms with E-state index in [2.05, 4.69) is 24.4 Å². The number of carbonyl (C=O) groups is 1. The lowest BCUT2D eigenvalue weighted by Gasteiger charge is -2.04. The molecule has 1 aliphatic rings. The zero-order chi connectivity index (χ0) is 16.1. The van der Waals surface area contributed by atoms with Gasteiger partial charge in [0.2, 0.25) is 5.91 Å². The smallest absolute Gasteiger partial charge is 0.408 e. The third kappa shape index (κ3) is 2.49. The molecule has 0 spiro atoms. The average molecular weight is 328 g/mol. The van der Waals surface area contributed by atoms with Crippen molar-refractivity contribution in [2.45, 2.75) is 19.3 Å². The number of fused-ring (bicyclic) bond motifs is 1. The fourth-order valence-electron chi connectivity index (χ4n) is 2.90. The van der Waals surface area contributed by atoms with Gasteiger partial charge in [-0.05, 0) is 37.6 Å². The van der Waals surface area contributed by atoms with Crippen LogP contribution in [0, 0.1) is 12.8 Å². The second-order valence-electron chi connectivity index (χ2n) is 6.00. The van der Waals surface area contributed by atoms with Crippen LogP contribution in [-0.2, 0) is 11.8 Å². The number of nitrogens with zero attached hydrogens (tertiary/aromatic N) is 1. The van der Waals surface area contributed by atoms with Crippen molar-refractivity contribution < 1.29 is 9.21 Å². The number of thiophene rings is 1. The second-order valence-corrected chi connectivity index (χ2v) is 7.32. The molecule has 1 fully saturated rings.